The van der Waals surface area contributed by atoms with Crippen LogP contribution in [0.4, 0.5) is 0 Å². The van der Waals surface area contributed by atoms with Crippen molar-refractivity contribution >= 4 is 6.08 Å². The first-order chi connectivity index (χ1) is 9.56. The van der Waals surface area contributed by atoms with Crippen molar-refractivity contribution in [1.82, 2.24) is 0 Å². The lowest BCUT2D eigenvalue weighted by molar-refractivity contribution is 0.200. The highest BCUT2D eigenvalue weighted by atomic mass is 16.5. The molecule has 0 fully saturated rings. The molecule has 1 nitrogen and oxygen atoms in total. The molecule has 0 aromatic heterocycles. The van der Waals surface area contributed by atoms with Crippen LogP contribution in [0.1, 0.15) is 49.8 Å². The molecule has 0 unspecified atom stereocenters. The van der Waals surface area contributed by atoms with Gasteiger partial charge in [-0.3, -0.25) is 0 Å². The van der Waals surface area contributed by atoms with Gasteiger partial charge >= 0.3 is 0 Å². The van der Waals surface area contributed by atoms with E-state index in [1.54, 1.807) is 0 Å². The lowest BCUT2D eigenvalue weighted by Crippen LogP contribution is -1.93. The van der Waals surface area contributed by atoms with Crippen LogP contribution in [0.2, 0.25) is 0 Å². The van der Waals surface area contributed by atoms with Gasteiger partial charge in [0.2, 0.25) is 0 Å². The Morgan fingerprint density at radius 3 is 2.70 bits per heavy atom. The van der Waals surface area contributed by atoms with Crippen LogP contribution in [-0.4, -0.2) is 0 Å². The molecule has 0 radical (unpaired) electrons. The molecule has 0 aliphatic carbocycles. The summed E-state index contributed by atoms with van der Waals surface area (Å²) >= 11 is 0. The Hall–Kier alpha value is -1.76. The van der Waals surface area contributed by atoms with Crippen LogP contribution in [0.25, 0.3) is 6.08 Å². The van der Waals surface area contributed by atoms with Gasteiger partial charge in [-0.15, -0.1) is 0 Å². The Kier molecular flexibility index (Phi) is 6.86. The fourth-order valence-corrected chi connectivity index (χ4v) is 2.06. The fraction of sp³-hybridized carbons (Fsp3) is 0.368. The number of unbranched alkanes of at least 4 members (excludes halogenated alkanes) is 1. The van der Waals surface area contributed by atoms with Gasteiger partial charge in [0.25, 0.3) is 0 Å². The summed E-state index contributed by atoms with van der Waals surface area (Å²) in [5.74, 6) is 0.927. The fourth-order valence-electron chi connectivity index (χ4n) is 2.06. The van der Waals surface area contributed by atoms with E-state index in [4.69, 9.17) is 4.74 Å². The van der Waals surface area contributed by atoms with Gasteiger partial charge in [-0.1, -0.05) is 56.4 Å². The smallest absolute Gasteiger partial charge is 0.113 e. The molecule has 0 aliphatic heterocycles. The van der Waals surface area contributed by atoms with Gasteiger partial charge in [0, 0.05) is 0 Å². The molecular formula is C19H26O. The molecule has 1 aromatic rings. The number of allylic oxidation sites excluding steroid dienone is 3. The molecule has 20 heavy (non-hydrogen) atoms. The van der Waals surface area contributed by atoms with Crippen molar-refractivity contribution in [2.75, 3.05) is 0 Å². The van der Waals surface area contributed by atoms with Crippen molar-refractivity contribution < 1.29 is 4.74 Å². The minimum Gasteiger partial charge on any atom is -0.494 e. The Labute approximate surface area is 123 Å². The molecule has 0 amide bonds. The van der Waals surface area contributed by atoms with Crippen molar-refractivity contribution in [3.8, 4) is 0 Å². The van der Waals surface area contributed by atoms with E-state index in [1.165, 1.54) is 29.5 Å². The highest BCUT2D eigenvalue weighted by Crippen LogP contribution is 2.15. The Morgan fingerprint density at radius 1 is 1.35 bits per heavy atom. The van der Waals surface area contributed by atoms with Crippen LogP contribution in [-0.2, 0) is 11.3 Å². The molecule has 1 aromatic carbocycles. The Bertz CT molecular complexity index is 494. The Balaban J connectivity index is 2.54. The molecule has 0 atom stereocenters. The van der Waals surface area contributed by atoms with Crippen LogP contribution in [0.5, 0.6) is 0 Å². The van der Waals surface area contributed by atoms with E-state index in [-0.39, 0.29) is 0 Å². The van der Waals surface area contributed by atoms with Crippen LogP contribution in [0.15, 0.2) is 48.8 Å². The summed E-state index contributed by atoms with van der Waals surface area (Å²) < 4.78 is 5.78. The minimum atomic E-state index is 0.599. The molecule has 0 spiro atoms. The van der Waals surface area contributed by atoms with Crippen molar-refractivity contribution in [2.24, 2.45) is 0 Å². The van der Waals surface area contributed by atoms with Crippen LogP contribution >= 0.6 is 0 Å². The van der Waals surface area contributed by atoms with Crippen molar-refractivity contribution in [1.29, 1.82) is 0 Å². The number of hydrogen-bond acceptors (Lipinski definition) is 1. The van der Waals surface area contributed by atoms with Crippen LogP contribution in [0, 0.1) is 6.92 Å². The summed E-state index contributed by atoms with van der Waals surface area (Å²) in [6, 6.07) is 6.32. The normalized spacial score (nSPS) is 11.2. The monoisotopic (exact) mass is 270 g/mol. The number of ether oxygens (including phenoxy) is 1. The number of benzene rings is 1. The Morgan fingerprint density at radius 2 is 2.10 bits per heavy atom. The number of rotatable bonds is 8. The third kappa shape index (κ3) is 5.48. The number of hydrogen-bond donors (Lipinski definition) is 0. The zero-order valence-corrected chi connectivity index (χ0v) is 13.0. The van der Waals surface area contributed by atoms with Crippen LogP contribution in [0.3, 0.4) is 0 Å². The van der Waals surface area contributed by atoms with Gasteiger partial charge in [-0.25, -0.2) is 0 Å². The molecule has 0 saturated carbocycles. The summed E-state index contributed by atoms with van der Waals surface area (Å²) in [5, 5.41) is 0. The van der Waals surface area contributed by atoms with E-state index in [0.29, 0.717) is 6.61 Å². The second kappa shape index (κ2) is 8.42. The van der Waals surface area contributed by atoms with Gasteiger partial charge in [0.05, 0.1) is 5.76 Å². The van der Waals surface area contributed by atoms with Gasteiger partial charge in [0.15, 0.2) is 0 Å². The van der Waals surface area contributed by atoms with E-state index in [0.717, 1.165) is 17.8 Å². The van der Waals surface area contributed by atoms with Gasteiger partial charge in [-0.2, -0.15) is 0 Å². The second-order valence-corrected chi connectivity index (χ2v) is 5.20. The predicted molar refractivity (Wildman–Crippen MR) is 88.5 cm³/mol. The third-order valence-electron chi connectivity index (χ3n) is 3.28. The largest absolute Gasteiger partial charge is 0.494 e. The average molecular weight is 270 g/mol. The van der Waals surface area contributed by atoms with Gasteiger partial charge < -0.3 is 4.74 Å². The van der Waals surface area contributed by atoms with Crippen LogP contribution < -0.4 is 0 Å². The summed E-state index contributed by atoms with van der Waals surface area (Å²) in [6.45, 7) is 14.7. The lowest BCUT2D eigenvalue weighted by atomic mass is 10.1. The molecule has 0 bridgehead atoms. The van der Waals surface area contributed by atoms with Crippen molar-refractivity contribution in [3.63, 3.8) is 0 Å². The first kappa shape index (κ1) is 16.3. The first-order valence-electron chi connectivity index (χ1n) is 7.27. The summed E-state index contributed by atoms with van der Waals surface area (Å²) in [4.78, 5) is 0. The molecular weight excluding hydrogens is 244 g/mol. The van der Waals surface area contributed by atoms with Gasteiger partial charge in [-0.05, 0) is 49.5 Å². The van der Waals surface area contributed by atoms with E-state index in [1.807, 2.05) is 19.1 Å². The standard InChI is InChI=1S/C19H26O/c1-6-8-9-15(3)12-17(5)20-14-18-10-11-19(7-2)16(4)13-18/h7,10-13H,2-3,6,8-9,14H2,1,4-5H3/b17-12+. The topological polar surface area (TPSA) is 9.23 Å². The van der Waals surface area contributed by atoms with E-state index < -0.39 is 0 Å². The third-order valence-corrected chi connectivity index (χ3v) is 3.28. The van der Waals surface area contributed by atoms with E-state index in [9.17, 15) is 0 Å². The summed E-state index contributed by atoms with van der Waals surface area (Å²) in [7, 11) is 0. The van der Waals surface area contributed by atoms with E-state index in [2.05, 4.69) is 45.2 Å². The average Bonchev–Trinajstić information content (AvgIpc) is 2.43. The predicted octanol–water partition coefficient (Wildman–Crippen LogP) is 5.80. The molecule has 108 valence electrons. The van der Waals surface area contributed by atoms with E-state index >= 15 is 0 Å². The highest BCUT2D eigenvalue weighted by Gasteiger charge is 1.99. The van der Waals surface area contributed by atoms with Crippen molar-refractivity contribution in [2.45, 2.75) is 46.6 Å². The molecule has 0 N–H and O–H groups in total. The molecule has 0 aliphatic rings. The zero-order chi connectivity index (χ0) is 15.0. The molecule has 1 heteroatoms. The quantitative estimate of drug-likeness (QED) is 0.428. The highest BCUT2D eigenvalue weighted by molar-refractivity contribution is 5.52. The molecule has 1 rings (SSSR count). The summed E-state index contributed by atoms with van der Waals surface area (Å²) in [5.41, 5.74) is 4.73. The number of aryl methyl sites for hydroxylation is 1. The van der Waals surface area contributed by atoms with Crippen molar-refractivity contribution in [3.05, 3.63) is 65.5 Å². The zero-order valence-electron chi connectivity index (χ0n) is 13.0. The molecule has 0 saturated heterocycles. The molecule has 0 heterocycles. The lowest BCUT2D eigenvalue weighted by Gasteiger charge is -2.09. The second-order valence-electron chi connectivity index (χ2n) is 5.20. The maximum Gasteiger partial charge on any atom is 0.113 e. The summed E-state index contributed by atoms with van der Waals surface area (Å²) in [6.07, 6.45) is 7.35. The SMILES string of the molecule is C=Cc1ccc(CO/C(C)=C/C(=C)CCCC)cc1C. The first-order valence-corrected chi connectivity index (χ1v) is 7.27. The minimum absolute atomic E-state index is 0.599. The van der Waals surface area contributed by atoms with Gasteiger partial charge in [0.1, 0.15) is 6.61 Å². The maximum absolute atomic E-state index is 5.78. The maximum atomic E-state index is 5.78.